The summed E-state index contributed by atoms with van der Waals surface area (Å²) in [6.07, 6.45) is 0. The zero-order chi connectivity index (χ0) is 27.4. The van der Waals surface area contributed by atoms with Crippen molar-refractivity contribution in [3.63, 3.8) is 0 Å². The summed E-state index contributed by atoms with van der Waals surface area (Å²) in [5, 5.41) is 14.1. The molecular weight excluding hydrogens is 488 g/mol. The number of anilines is 4. The number of nitrogens with two attached hydrogens (primary N) is 4. The molecule has 0 bridgehead atoms. The molecule has 0 amide bonds. The molecule has 4 nitrogen and oxygen atoms in total. The van der Waals surface area contributed by atoms with Crippen LogP contribution < -0.4 is 22.9 Å². The molecule has 0 aliphatic heterocycles. The Hall–Kier alpha value is -5.48. The number of fused-ring (bicyclic) bond motifs is 12. The Labute approximate surface area is 231 Å². The fraction of sp³-hybridized carbons (Fsp3) is 0. The molecule has 0 aliphatic rings. The Morgan fingerprint density at radius 3 is 0.850 bits per heavy atom. The number of hydrogen-bond acceptors (Lipinski definition) is 4. The second-order valence-electron chi connectivity index (χ2n) is 10.2. The lowest BCUT2D eigenvalue weighted by atomic mass is 9.93. The van der Waals surface area contributed by atoms with E-state index in [-0.39, 0.29) is 0 Å². The van der Waals surface area contributed by atoms with Crippen LogP contribution in [0, 0.1) is 0 Å². The summed E-state index contributed by atoms with van der Waals surface area (Å²) < 4.78 is 0. The molecular formula is C36H28N4. The maximum atomic E-state index is 6.23. The highest BCUT2D eigenvalue weighted by molar-refractivity contribution is 6.29. The summed E-state index contributed by atoms with van der Waals surface area (Å²) in [5.74, 6) is 0. The lowest BCUT2D eigenvalue weighted by Gasteiger charge is -2.12. The molecule has 0 fully saturated rings. The van der Waals surface area contributed by atoms with Gasteiger partial charge in [-0.25, -0.2) is 0 Å². The van der Waals surface area contributed by atoms with Crippen molar-refractivity contribution >= 4 is 87.4 Å². The Bertz CT molecular complexity index is 2100. The number of benzene rings is 8. The summed E-state index contributed by atoms with van der Waals surface area (Å²) in [6.45, 7) is 0. The van der Waals surface area contributed by atoms with E-state index in [0.29, 0.717) is 11.4 Å². The van der Waals surface area contributed by atoms with Gasteiger partial charge in [-0.15, -0.1) is 0 Å². The fourth-order valence-electron chi connectivity index (χ4n) is 6.18. The van der Waals surface area contributed by atoms with Crippen molar-refractivity contribution in [2.24, 2.45) is 0 Å². The van der Waals surface area contributed by atoms with Gasteiger partial charge >= 0.3 is 0 Å². The van der Waals surface area contributed by atoms with Crippen LogP contribution in [0.1, 0.15) is 0 Å². The molecule has 192 valence electrons. The third-order valence-corrected chi connectivity index (χ3v) is 7.79. The van der Waals surface area contributed by atoms with E-state index in [4.69, 9.17) is 22.9 Å². The maximum Gasteiger partial charge on any atom is 0.0420 e. The van der Waals surface area contributed by atoms with Gasteiger partial charge < -0.3 is 22.9 Å². The highest BCUT2D eigenvalue weighted by Gasteiger charge is 2.12. The SMILES string of the molecule is Nc1cc(N)c2c3ccccc3c3ccccc3c2c1.Nc1cc(N)c2c3ccccc3c3ccccc3c2c1. The van der Waals surface area contributed by atoms with Crippen LogP contribution in [0.3, 0.4) is 0 Å². The van der Waals surface area contributed by atoms with E-state index in [9.17, 15) is 0 Å². The van der Waals surface area contributed by atoms with Crippen molar-refractivity contribution in [2.75, 3.05) is 22.9 Å². The summed E-state index contributed by atoms with van der Waals surface area (Å²) in [4.78, 5) is 0. The van der Waals surface area contributed by atoms with Crippen LogP contribution in [0.5, 0.6) is 0 Å². The van der Waals surface area contributed by atoms with Crippen molar-refractivity contribution in [2.45, 2.75) is 0 Å². The molecule has 8 aromatic rings. The average Bonchev–Trinajstić information content (AvgIpc) is 2.97. The van der Waals surface area contributed by atoms with E-state index >= 15 is 0 Å². The molecule has 0 radical (unpaired) electrons. The first-order valence-corrected chi connectivity index (χ1v) is 13.3. The normalized spacial score (nSPS) is 11.4. The molecule has 8 rings (SSSR count). The van der Waals surface area contributed by atoms with Gasteiger partial charge in [0.15, 0.2) is 0 Å². The molecule has 0 aromatic heterocycles. The Morgan fingerprint density at radius 2 is 0.525 bits per heavy atom. The van der Waals surface area contributed by atoms with Gasteiger partial charge in [0.25, 0.3) is 0 Å². The van der Waals surface area contributed by atoms with Crippen LogP contribution >= 0.6 is 0 Å². The topological polar surface area (TPSA) is 104 Å². The van der Waals surface area contributed by atoms with Crippen LogP contribution in [0.25, 0.3) is 64.6 Å². The lowest BCUT2D eigenvalue weighted by Crippen LogP contribution is -1.93. The van der Waals surface area contributed by atoms with Crippen molar-refractivity contribution in [3.8, 4) is 0 Å². The minimum Gasteiger partial charge on any atom is -0.399 e. The van der Waals surface area contributed by atoms with Crippen LogP contribution in [-0.4, -0.2) is 0 Å². The molecule has 0 spiro atoms. The first-order valence-electron chi connectivity index (χ1n) is 13.3. The molecule has 0 atom stereocenters. The summed E-state index contributed by atoms with van der Waals surface area (Å²) in [7, 11) is 0. The summed E-state index contributed by atoms with van der Waals surface area (Å²) in [6, 6.07) is 41.2. The van der Waals surface area contributed by atoms with Crippen LogP contribution in [0.2, 0.25) is 0 Å². The predicted molar refractivity (Wildman–Crippen MR) is 176 cm³/mol. The predicted octanol–water partition coefficient (Wildman–Crippen LogP) is 8.62. The van der Waals surface area contributed by atoms with E-state index in [2.05, 4.69) is 84.9 Å². The van der Waals surface area contributed by atoms with Crippen molar-refractivity contribution < 1.29 is 0 Å². The third-order valence-electron chi connectivity index (χ3n) is 7.79. The third kappa shape index (κ3) is 3.62. The van der Waals surface area contributed by atoms with Gasteiger partial charge in [-0.1, -0.05) is 97.1 Å². The molecule has 0 saturated heterocycles. The van der Waals surface area contributed by atoms with Crippen LogP contribution in [0.15, 0.2) is 121 Å². The Morgan fingerprint density at radius 1 is 0.275 bits per heavy atom. The number of hydrogen-bond donors (Lipinski definition) is 4. The quantitative estimate of drug-likeness (QED) is 0.120. The van der Waals surface area contributed by atoms with Crippen LogP contribution in [-0.2, 0) is 0 Å². The minimum absolute atomic E-state index is 0.704. The number of rotatable bonds is 0. The highest BCUT2D eigenvalue weighted by atomic mass is 14.6. The second-order valence-corrected chi connectivity index (χ2v) is 10.2. The van der Waals surface area contributed by atoms with Gasteiger partial charge in [-0.2, -0.15) is 0 Å². The van der Waals surface area contributed by atoms with Crippen molar-refractivity contribution in [1.29, 1.82) is 0 Å². The van der Waals surface area contributed by atoms with Gasteiger partial charge in [-0.3, -0.25) is 0 Å². The van der Waals surface area contributed by atoms with E-state index in [0.717, 1.165) is 32.9 Å². The minimum atomic E-state index is 0.704. The van der Waals surface area contributed by atoms with Gasteiger partial charge in [0, 0.05) is 33.5 Å². The zero-order valence-corrected chi connectivity index (χ0v) is 21.9. The van der Waals surface area contributed by atoms with E-state index in [1.54, 1.807) is 0 Å². The monoisotopic (exact) mass is 516 g/mol. The Balaban J connectivity index is 0.000000132. The van der Waals surface area contributed by atoms with Crippen LogP contribution in [0.4, 0.5) is 22.7 Å². The summed E-state index contributed by atoms with van der Waals surface area (Å²) >= 11 is 0. The Kier molecular flexibility index (Phi) is 5.36. The van der Waals surface area contributed by atoms with Crippen molar-refractivity contribution in [3.05, 3.63) is 121 Å². The first-order chi connectivity index (χ1) is 19.5. The first kappa shape index (κ1) is 23.6. The standard InChI is InChI=1S/2C18H14N2/c2*19-11-9-16-14-7-2-1-5-12(14)13-6-3-4-8-15(13)18(16)17(20)10-11/h2*1-10H,19-20H2. The van der Waals surface area contributed by atoms with E-state index < -0.39 is 0 Å². The fourth-order valence-corrected chi connectivity index (χ4v) is 6.18. The highest BCUT2D eigenvalue weighted by Crippen LogP contribution is 2.40. The second kappa shape index (κ2) is 9.07. The van der Waals surface area contributed by atoms with Gasteiger partial charge in [0.2, 0.25) is 0 Å². The molecule has 8 aromatic carbocycles. The molecule has 0 unspecified atom stereocenters. The summed E-state index contributed by atoms with van der Waals surface area (Å²) in [5.41, 5.74) is 27.3. The smallest absolute Gasteiger partial charge is 0.0420 e. The van der Waals surface area contributed by atoms with E-state index in [1.165, 1.54) is 43.1 Å². The van der Waals surface area contributed by atoms with Gasteiger partial charge in [0.1, 0.15) is 0 Å². The molecule has 8 N–H and O–H groups in total. The zero-order valence-electron chi connectivity index (χ0n) is 21.9. The maximum absolute atomic E-state index is 6.23. The van der Waals surface area contributed by atoms with E-state index in [1.807, 2.05) is 36.4 Å². The molecule has 0 saturated carbocycles. The van der Waals surface area contributed by atoms with Gasteiger partial charge in [-0.05, 0) is 78.1 Å². The molecule has 0 heterocycles. The average molecular weight is 517 g/mol. The number of nitrogen functional groups attached to an aromatic ring is 4. The molecule has 40 heavy (non-hydrogen) atoms. The molecule has 4 heteroatoms. The largest absolute Gasteiger partial charge is 0.399 e. The lowest BCUT2D eigenvalue weighted by molar-refractivity contribution is 1.73. The molecule has 0 aliphatic carbocycles. The van der Waals surface area contributed by atoms with Crippen molar-refractivity contribution in [1.82, 2.24) is 0 Å². The van der Waals surface area contributed by atoms with Gasteiger partial charge in [0.05, 0.1) is 0 Å².